The van der Waals surface area contributed by atoms with Crippen molar-refractivity contribution < 1.29 is 17.5 Å². The zero-order chi connectivity index (χ0) is 14.2. The van der Waals surface area contributed by atoms with E-state index in [1.807, 2.05) is 0 Å². The Hall–Kier alpha value is -1.18. The SMILES string of the molecule is Cc1cc(N)cc(S(=O)(=O)N2CCOCC2C)c1F. The van der Waals surface area contributed by atoms with Gasteiger partial charge in [-0.25, -0.2) is 12.8 Å². The molecule has 1 saturated heterocycles. The molecule has 1 unspecified atom stereocenters. The van der Waals surface area contributed by atoms with Crippen molar-refractivity contribution in [3.05, 3.63) is 23.5 Å². The molecule has 2 rings (SSSR count). The molecular weight excluding hydrogens is 271 g/mol. The average Bonchev–Trinajstić information content (AvgIpc) is 2.34. The van der Waals surface area contributed by atoms with E-state index in [1.54, 1.807) is 6.92 Å². The van der Waals surface area contributed by atoms with Gasteiger partial charge < -0.3 is 10.5 Å². The molecule has 0 saturated carbocycles. The number of nitrogens with zero attached hydrogens (tertiary/aromatic N) is 1. The van der Waals surface area contributed by atoms with Crippen LogP contribution in [0.2, 0.25) is 0 Å². The van der Waals surface area contributed by atoms with Crippen molar-refractivity contribution in [2.45, 2.75) is 24.8 Å². The van der Waals surface area contributed by atoms with E-state index in [0.717, 1.165) is 0 Å². The van der Waals surface area contributed by atoms with Gasteiger partial charge in [0.15, 0.2) is 0 Å². The number of nitrogens with two attached hydrogens (primary N) is 1. The molecule has 5 nitrogen and oxygen atoms in total. The van der Waals surface area contributed by atoms with E-state index in [4.69, 9.17) is 10.5 Å². The highest BCUT2D eigenvalue weighted by molar-refractivity contribution is 7.89. The molecule has 1 aliphatic rings. The van der Waals surface area contributed by atoms with Crippen LogP contribution in [0.25, 0.3) is 0 Å². The molecule has 0 amide bonds. The molecule has 19 heavy (non-hydrogen) atoms. The molecule has 0 bridgehead atoms. The van der Waals surface area contributed by atoms with Crippen molar-refractivity contribution in [2.75, 3.05) is 25.5 Å². The molecule has 1 aromatic carbocycles. The number of sulfonamides is 1. The van der Waals surface area contributed by atoms with E-state index >= 15 is 0 Å². The number of ether oxygens (including phenoxy) is 1. The molecule has 0 radical (unpaired) electrons. The van der Waals surface area contributed by atoms with Crippen molar-refractivity contribution in [3.8, 4) is 0 Å². The monoisotopic (exact) mass is 288 g/mol. The Morgan fingerprint density at radius 3 is 2.79 bits per heavy atom. The van der Waals surface area contributed by atoms with Gasteiger partial charge in [-0.15, -0.1) is 0 Å². The van der Waals surface area contributed by atoms with Crippen LogP contribution >= 0.6 is 0 Å². The second-order valence-electron chi connectivity index (χ2n) is 4.69. The molecule has 1 fully saturated rings. The van der Waals surface area contributed by atoms with E-state index in [1.165, 1.54) is 23.4 Å². The largest absolute Gasteiger partial charge is 0.399 e. The Morgan fingerprint density at radius 2 is 2.16 bits per heavy atom. The van der Waals surface area contributed by atoms with Gasteiger partial charge in [0.05, 0.1) is 13.2 Å². The minimum Gasteiger partial charge on any atom is -0.399 e. The van der Waals surface area contributed by atoms with Crippen LogP contribution in [0.5, 0.6) is 0 Å². The van der Waals surface area contributed by atoms with Crippen LogP contribution in [0.1, 0.15) is 12.5 Å². The number of nitrogen functional groups attached to an aromatic ring is 1. The summed E-state index contributed by atoms with van der Waals surface area (Å²) in [5, 5.41) is 0. The second kappa shape index (κ2) is 5.07. The summed E-state index contributed by atoms with van der Waals surface area (Å²) in [6.45, 7) is 4.06. The highest BCUT2D eigenvalue weighted by atomic mass is 32.2. The van der Waals surface area contributed by atoms with Crippen LogP contribution in [0.3, 0.4) is 0 Å². The van der Waals surface area contributed by atoms with Crippen molar-refractivity contribution in [1.82, 2.24) is 4.31 Å². The highest BCUT2D eigenvalue weighted by Crippen LogP contribution is 2.26. The molecule has 2 N–H and O–H groups in total. The summed E-state index contributed by atoms with van der Waals surface area (Å²) in [6.07, 6.45) is 0. The molecule has 1 heterocycles. The van der Waals surface area contributed by atoms with E-state index in [-0.39, 0.29) is 28.7 Å². The number of anilines is 1. The van der Waals surface area contributed by atoms with Crippen LogP contribution in [0, 0.1) is 12.7 Å². The molecule has 0 aliphatic carbocycles. The van der Waals surface area contributed by atoms with Crippen LogP contribution < -0.4 is 5.73 Å². The predicted octanol–water partition coefficient (Wildman–Crippen LogP) is 1.13. The fourth-order valence-electron chi connectivity index (χ4n) is 2.15. The Kier molecular flexibility index (Phi) is 3.80. The molecule has 0 aromatic heterocycles. The number of rotatable bonds is 2. The van der Waals surface area contributed by atoms with Gasteiger partial charge in [-0.2, -0.15) is 4.31 Å². The lowest BCUT2D eigenvalue weighted by molar-refractivity contribution is 0.0392. The Morgan fingerprint density at radius 1 is 1.47 bits per heavy atom. The van der Waals surface area contributed by atoms with E-state index in [2.05, 4.69) is 0 Å². The molecule has 7 heteroatoms. The Bertz CT molecular complexity index is 589. The van der Waals surface area contributed by atoms with Gasteiger partial charge in [-0.3, -0.25) is 0 Å². The highest BCUT2D eigenvalue weighted by Gasteiger charge is 2.34. The first kappa shape index (κ1) is 14.2. The van der Waals surface area contributed by atoms with E-state index < -0.39 is 15.8 Å². The van der Waals surface area contributed by atoms with Crippen molar-refractivity contribution >= 4 is 15.7 Å². The number of morpholine rings is 1. The minimum atomic E-state index is -3.89. The van der Waals surface area contributed by atoms with Crippen LogP contribution in [-0.4, -0.2) is 38.5 Å². The van der Waals surface area contributed by atoms with Gasteiger partial charge in [0.25, 0.3) is 0 Å². The van der Waals surface area contributed by atoms with Gasteiger partial charge in [0, 0.05) is 18.3 Å². The Balaban J connectivity index is 2.50. The maximum absolute atomic E-state index is 14.1. The first-order valence-electron chi connectivity index (χ1n) is 5.99. The lowest BCUT2D eigenvalue weighted by Gasteiger charge is -2.32. The van der Waals surface area contributed by atoms with Gasteiger partial charge in [-0.05, 0) is 31.5 Å². The minimum absolute atomic E-state index is 0.219. The van der Waals surface area contributed by atoms with Crippen LogP contribution in [0.4, 0.5) is 10.1 Å². The van der Waals surface area contributed by atoms with Crippen LogP contribution in [-0.2, 0) is 14.8 Å². The average molecular weight is 288 g/mol. The number of halogens is 1. The summed E-state index contributed by atoms with van der Waals surface area (Å²) in [5.74, 6) is -0.743. The maximum atomic E-state index is 14.1. The second-order valence-corrected chi connectivity index (χ2v) is 6.55. The predicted molar refractivity (Wildman–Crippen MR) is 69.7 cm³/mol. The quantitative estimate of drug-likeness (QED) is 0.828. The summed E-state index contributed by atoms with van der Waals surface area (Å²) in [4.78, 5) is -0.362. The molecule has 1 aliphatic heterocycles. The van der Waals surface area contributed by atoms with Crippen molar-refractivity contribution in [3.63, 3.8) is 0 Å². The first-order valence-corrected chi connectivity index (χ1v) is 7.43. The third-order valence-corrected chi connectivity index (χ3v) is 5.15. The van der Waals surface area contributed by atoms with E-state index in [9.17, 15) is 12.8 Å². The summed E-state index contributed by atoms with van der Waals surface area (Å²) in [6, 6.07) is 2.26. The van der Waals surface area contributed by atoms with Crippen molar-refractivity contribution in [2.24, 2.45) is 0 Å². The lowest BCUT2D eigenvalue weighted by Crippen LogP contribution is -2.47. The molecule has 1 atom stereocenters. The summed E-state index contributed by atoms with van der Waals surface area (Å²) >= 11 is 0. The van der Waals surface area contributed by atoms with Gasteiger partial charge in [0.1, 0.15) is 10.7 Å². The summed E-state index contributed by atoms with van der Waals surface area (Å²) in [5.41, 5.74) is 6.07. The van der Waals surface area contributed by atoms with Crippen LogP contribution in [0.15, 0.2) is 17.0 Å². The number of hydrogen-bond donors (Lipinski definition) is 1. The normalized spacial score (nSPS) is 21.5. The summed E-state index contributed by atoms with van der Waals surface area (Å²) in [7, 11) is -3.89. The Labute approximate surface area is 112 Å². The first-order chi connectivity index (χ1) is 8.84. The zero-order valence-corrected chi connectivity index (χ0v) is 11.7. The topological polar surface area (TPSA) is 72.6 Å². The number of hydrogen-bond acceptors (Lipinski definition) is 4. The maximum Gasteiger partial charge on any atom is 0.246 e. The van der Waals surface area contributed by atoms with E-state index in [0.29, 0.717) is 13.2 Å². The lowest BCUT2D eigenvalue weighted by atomic mass is 10.2. The molecule has 106 valence electrons. The van der Waals surface area contributed by atoms with Gasteiger partial charge in [0.2, 0.25) is 10.0 Å². The van der Waals surface area contributed by atoms with Gasteiger partial charge in [-0.1, -0.05) is 0 Å². The molecule has 0 spiro atoms. The fraction of sp³-hybridized carbons (Fsp3) is 0.500. The zero-order valence-electron chi connectivity index (χ0n) is 10.9. The summed E-state index contributed by atoms with van der Waals surface area (Å²) < 4.78 is 45.5. The number of benzene rings is 1. The van der Waals surface area contributed by atoms with Crippen molar-refractivity contribution in [1.29, 1.82) is 0 Å². The molecular formula is C12H17FN2O3S. The van der Waals surface area contributed by atoms with Gasteiger partial charge >= 0.3 is 0 Å². The third-order valence-electron chi connectivity index (χ3n) is 3.14. The smallest absolute Gasteiger partial charge is 0.246 e. The number of aryl methyl sites for hydroxylation is 1. The standard InChI is InChI=1S/C12H17FN2O3S/c1-8-5-10(14)6-11(12(8)13)19(16,17)15-3-4-18-7-9(15)2/h5-6,9H,3-4,7,14H2,1-2H3. The third kappa shape index (κ3) is 2.58. The molecule has 1 aromatic rings. The fourth-order valence-corrected chi connectivity index (χ4v) is 3.92.